The third-order valence-electron chi connectivity index (χ3n) is 3.46. The van der Waals surface area contributed by atoms with Crippen LogP contribution in [-0.4, -0.2) is 11.6 Å². The molecule has 116 valence electrons. The van der Waals surface area contributed by atoms with Gasteiger partial charge in [-0.3, -0.25) is 4.98 Å². The highest BCUT2D eigenvalue weighted by atomic mass is 16.5. The van der Waals surface area contributed by atoms with E-state index in [1.807, 2.05) is 73.7 Å². The molecule has 0 bridgehead atoms. The molecule has 3 nitrogen and oxygen atoms in total. The zero-order valence-electron chi connectivity index (χ0n) is 13.1. The molecule has 0 amide bonds. The zero-order valence-corrected chi connectivity index (χ0v) is 13.1. The summed E-state index contributed by atoms with van der Waals surface area (Å²) in [6.45, 7) is 3.07. The molecular weight excluding hydrogens is 286 g/mol. The van der Waals surface area contributed by atoms with E-state index in [-0.39, 0.29) is 0 Å². The Kier molecular flexibility index (Phi) is 4.89. The van der Waals surface area contributed by atoms with Crippen molar-refractivity contribution < 1.29 is 9.47 Å². The van der Waals surface area contributed by atoms with Gasteiger partial charge in [0.15, 0.2) is 0 Å². The normalized spacial score (nSPS) is 11.0. The molecule has 1 heterocycles. The lowest BCUT2D eigenvalue weighted by Crippen LogP contribution is -1.98. The molecule has 0 unspecified atom stereocenters. The van der Waals surface area contributed by atoms with Crippen LogP contribution in [0.15, 0.2) is 72.9 Å². The first-order valence-electron chi connectivity index (χ1n) is 7.65. The Hall–Kier alpha value is -2.81. The van der Waals surface area contributed by atoms with Gasteiger partial charge in [0.1, 0.15) is 24.7 Å². The predicted octanol–water partition coefficient (Wildman–Crippen LogP) is 4.77. The van der Waals surface area contributed by atoms with E-state index in [1.54, 1.807) is 6.20 Å². The van der Waals surface area contributed by atoms with Gasteiger partial charge in [0.25, 0.3) is 0 Å². The minimum Gasteiger partial charge on any atom is -0.490 e. The van der Waals surface area contributed by atoms with Gasteiger partial charge in [0.05, 0.1) is 5.52 Å². The van der Waals surface area contributed by atoms with E-state index in [0.29, 0.717) is 13.2 Å². The fourth-order valence-corrected chi connectivity index (χ4v) is 2.28. The summed E-state index contributed by atoms with van der Waals surface area (Å²) in [5, 5.41) is 1.08. The molecular formula is C20H19NO2. The molecule has 0 aliphatic heterocycles. The molecule has 1 aromatic heterocycles. The summed E-state index contributed by atoms with van der Waals surface area (Å²) in [6.07, 6.45) is 5.75. The maximum absolute atomic E-state index is 5.88. The van der Waals surface area contributed by atoms with Gasteiger partial charge >= 0.3 is 0 Å². The molecule has 0 N–H and O–H groups in total. The van der Waals surface area contributed by atoms with Crippen molar-refractivity contribution >= 4 is 10.9 Å². The topological polar surface area (TPSA) is 31.4 Å². The second kappa shape index (κ2) is 7.45. The summed E-state index contributed by atoms with van der Waals surface area (Å²) in [5.74, 6) is 1.69. The summed E-state index contributed by atoms with van der Waals surface area (Å²) in [4.78, 5) is 4.31. The Bertz CT molecular complexity index is 811. The highest BCUT2D eigenvalue weighted by Crippen LogP contribution is 2.21. The minimum atomic E-state index is 0.507. The van der Waals surface area contributed by atoms with Gasteiger partial charge in [-0.1, -0.05) is 30.4 Å². The maximum Gasteiger partial charge on any atom is 0.120 e. The van der Waals surface area contributed by atoms with E-state index < -0.39 is 0 Å². The van der Waals surface area contributed by atoms with Gasteiger partial charge in [0.2, 0.25) is 0 Å². The van der Waals surface area contributed by atoms with Crippen molar-refractivity contribution in [2.75, 3.05) is 6.61 Å². The maximum atomic E-state index is 5.88. The first kappa shape index (κ1) is 15.1. The van der Waals surface area contributed by atoms with Crippen LogP contribution < -0.4 is 9.47 Å². The standard InChI is InChI=1S/C20H19NO2/c1-2-3-12-22-18-8-4-6-16(13-18)15-23-19-9-10-20-17(14-19)7-5-11-21-20/h2-11,13-14H,12,15H2,1H3. The average molecular weight is 305 g/mol. The summed E-state index contributed by atoms with van der Waals surface area (Å²) >= 11 is 0. The molecule has 0 saturated heterocycles. The van der Waals surface area contributed by atoms with E-state index in [4.69, 9.17) is 9.47 Å². The van der Waals surface area contributed by atoms with Crippen molar-refractivity contribution in [3.05, 3.63) is 78.5 Å². The smallest absolute Gasteiger partial charge is 0.120 e. The quantitative estimate of drug-likeness (QED) is 0.615. The molecule has 3 heteroatoms. The van der Waals surface area contributed by atoms with Crippen molar-refractivity contribution in [3.8, 4) is 11.5 Å². The summed E-state index contributed by atoms with van der Waals surface area (Å²) in [7, 11) is 0. The Morgan fingerprint density at radius 1 is 0.957 bits per heavy atom. The van der Waals surface area contributed by atoms with Crippen LogP contribution in [0, 0.1) is 0 Å². The number of benzene rings is 2. The number of allylic oxidation sites excluding steroid dienone is 1. The largest absolute Gasteiger partial charge is 0.490 e. The fourth-order valence-electron chi connectivity index (χ4n) is 2.28. The number of fused-ring (bicyclic) bond motifs is 1. The summed E-state index contributed by atoms with van der Waals surface area (Å²) < 4.78 is 11.5. The lowest BCUT2D eigenvalue weighted by Gasteiger charge is -2.09. The Morgan fingerprint density at radius 3 is 2.78 bits per heavy atom. The molecule has 0 radical (unpaired) electrons. The molecule has 0 aliphatic rings. The monoisotopic (exact) mass is 305 g/mol. The Labute approximate surface area is 136 Å². The number of aromatic nitrogens is 1. The molecule has 0 atom stereocenters. The van der Waals surface area contributed by atoms with Gasteiger partial charge in [-0.05, 0) is 48.9 Å². The van der Waals surface area contributed by atoms with E-state index in [2.05, 4.69) is 4.98 Å². The van der Waals surface area contributed by atoms with Crippen LogP contribution in [0.3, 0.4) is 0 Å². The SMILES string of the molecule is CC=CCOc1cccc(COc2ccc3ncccc3c2)c1. The first-order valence-corrected chi connectivity index (χ1v) is 7.65. The summed E-state index contributed by atoms with van der Waals surface area (Å²) in [6, 6.07) is 17.9. The van der Waals surface area contributed by atoms with Crippen LogP contribution in [0.2, 0.25) is 0 Å². The lowest BCUT2D eigenvalue weighted by atomic mass is 10.2. The summed E-state index contributed by atoms with van der Waals surface area (Å²) in [5.41, 5.74) is 2.05. The van der Waals surface area contributed by atoms with Crippen molar-refractivity contribution in [1.82, 2.24) is 4.98 Å². The number of hydrogen-bond donors (Lipinski definition) is 0. The molecule has 3 rings (SSSR count). The van der Waals surface area contributed by atoms with Crippen LogP contribution in [0.1, 0.15) is 12.5 Å². The van der Waals surface area contributed by atoms with E-state index in [1.165, 1.54) is 0 Å². The van der Waals surface area contributed by atoms with Crippen molar-refractivity contribution in [2.24, 2.45) is 0 Å². The first-order chi connectivity index (χ1) is 11.3. The van der Waals surface area contributed by atoms with Gasteiger partial charge in [-0.2, -0.15) is 0 Å². The van der Waals surface area contributed by atoms with Crippen LogP contribution in [0.25, 0.3) is 10.9 Å². The van der Waals surface area contributed by atoms with Gasteiger partial charge < -0.3 is 9.47 Å². The minimum absolute atomic E-state index is 0.507. The number of rotatable bonds is 6. The Morgan fingerprint density at radius 2 is 1.87 bits per heavy atom. The molecule has 0 aliphatic carbocycles. The number of ether oxygens (including phenoxy) is 2. The average Bonchev–Trinajstić information content (AvgIpc) is 2.60. The molecule has 0 spiro atoms. The van der Waals surface area contributed by atoms with Crippen molar-refractivity contribution in [3.63, 3.8) is 0 Å². The second-order valence-corrected chi connectivity index (χ2v) is 5.17. The molecule has 23 heavy (non-hydrogen) atoms. The Balaban J connectivity index is 1.65. The fraction of sp³-hybridized carbons (Fsp3) is 0.150. The molecule has 0 fully saturated rings. The lowest BCUT2D eigenvalue weighted by molar-refractivity contribution is 0.304. The highest BCUT2D eigenvalue weighted by Gasteiger charge is 2.01. The number of hydrogen-bond acceptors (Lipinski definition) is 3. The van der Waals surface area contributed by atoms with E-state index >= 15 is 0 Å². The number of pyridine rings is 1. The zero-order chi connectivity index (χ0) is 15.9. The van der Waals surface area contributed by atoms with Crippen LogP contribution in [-0.2, 0) is 6.61 Å². The third-order valence-corrected chi connectivity index (χ3v) is 3.46. The second-order valence-electron chi connectivity index (χ2n) is 5.17. The highest BCUT2D eigenvalue weighted by molar-refractivity contribution is 5.79. The predicted molar refractivity (Wildman–Crippen MR) is 92.8 cm³/mol. The third kappa shape index (κ3) is 4.10. The van der Waals surface area contributed by atoms with Crippen molar-refractivity contribution in [1.29, 1.82) is 0 Å². The van der Waals surface area contributed by atoms with Gasteiger partial charge in [-0.15, -0.1) is 0 Å². The van der Waals surface area contributed by atoms with Gasteiger partial charge in [-0.25, -0.2) is 0 Å². The number of nitrogens with zero attached hydrogens (tertiary/aromatic N) is 1. The van der Waals surface area contributed by atoms with Gasteiger partial charge in [0, 0.05) is 11.6 Å². The molecule has 3 aromatic rings. The van der Waals surface area contributed by atoms with Crippen LogP contribution in [0.4, 0.5) is 0 Å². The van der Waals surface area contributed by atoms with E-state index in [9.17, 15) is 0 Å². The van der Waals surface area contributed by atoms with E-state index in [0.717, 1.165) is 28.0 Å². The van der Waals surface area contributed by atoms with Crippen LogP contribution in [0.5, 0.6) is 11.5 Å². The van der Waals surface area contributed by atoms with Crippen molar-refractivity contribution in [2.45, 2.75) is 13.5 Å². The van der Waals surface area contributed by atoms with Crippen LogP contribution >= 0.6 is 0 Å². The molecule has 2 aromatic carbocycles. The molecule has 0 saturated carbocycles.